The summed E-state index contributed by atoms with van der Waals surface area (Å²) < 4.78 is 5.21. The maximum absolute atomic E-state index is 13.0. The summed E-state index contributed by atoms with van der Waals surface area (Å²) in [5.74, 6) is 0.172. The summed E-state index contributed by atoms with van der Waals surface area (Å²) in [6.07, 6.45) is 4.21. The highest BCUT2D eigenvalue weighted by Crippen LogP contribution is 2.57. The minimum absolute atomic E-state index is 0.0798. The van der Waals surface area contributed by atoms with Crippen molar-refractivity contribution in [2.45, 2.75) is 13.8 Å². The number of benzene rings is 1. The van der Waals surface area contributed by atoms with Crippen molar-refractivity contribution in [2.75, 3.05) is 12.0 Å². The van der Waals surface area contributed by atoms with Crippen LogP contribution in [0.5, 0.6) is 5.75 Å². The molecule has 4 atom stereocenters. The molecule has 4 rings (SSSR count). The fraction of sp³-hybridized carbons (Fsp3) is 0.368. The molecule has 23 heavy (non-hydrogen) atoms. The third-order valence-corrected chi connectivity index (χ3v) is 5.30. The van der Waals surface area contributed by atoms with Crippen LogP contribution in [0.3, 0.4) is 0 Å². The molecule has 3 aliphatic rings. The van der Waals surface area contributed by atoms with Gasteiger partial charge in [-0.2, -0.15) is 0 Å². The molecule has 1 saturated heterocycles. The molecule has 2 amide bonds. The number of carbonyl (C=O) groups excluding carboxylic acids is 2. The van der Waals surface area contributed by atoms with Crippen LogP contribution >= 0.6 is 0 Å². The Morgan fingerprint density at radius 1 is 1.04 bits per heavy atom. The number of fused-ring (bicyclic) bond motifs is 5. The second kappa shape index (κ2) is 4.82. The standard InChI is InChI=1S/C19H19NO3/c1-10(2)15-13-7-8-14(15)17-16(13)18(21)20(19(17)22)11-5-4-6-12(9-11)23-3/h4-9,13-14,16-17H,1-3H3/t13-,14+,16-,17+. The highest BCUT2D eigenvalue weighted by atomic mass is 16.5. The lowest BCUT2D eigenvalue weighted by Gasteiger charge is -2.19. The number of ether oxygens (including phenoxy) is 1. The van der Waals surface area contributed by atoms with Crippen molar-refractivity contribution in [3.8, 4) is 5.75 Å². The van der Waals surface area contributed by atoms with Crippen LogP contribution in [0.2, 0.25) is 0 Å². The van der Waals surface area contributed by atoms with E-state index >= 15 is 0 Å². The van der Waals surface area contributed by atoms with Crippen LogP contribution in [-0.4, -0.2) is 18.9 Å². The lowest BCUT2D eigenvalue weighted by atomic mass is 9.85. The number of nitrogens with zero attached hydrogens (tertiary/aromatic N) is 1. The zero-order valence-corrected chi connectivity index (χ0v) is 13.4. The third kappa shape index (κ3) is 1.78. The minimum Gasteiger partial charge on any atom is -0.497 e. The highest BCUT2D eigenvalue weighted by molar-refractivity contribution is 6.23. The van der Waals surface area contributed by atoms with Gasteiger partial charge in [0.15, 0.2) is 0 Å². The Hall–Kier alpha value is -2.36. The molecule has 0 unspecified atom stereocenters. The first kappa shape index (κ1) is 14.2. The number of hydrogen-bond acceptors (Lipinski definition) is 3. The fourth-order valence-electron chi connectivity index (χ4n) is 4.43. The molecule has 0 radical (unpaired) electrons. The Morgan fingerprint density at radius 3 is 2.17 bits per heavy atom. The normalized spacial score (nSPS) is 31.1. The first-order valence-corrected chi connectivity index (χ1v) is 7.92. The molecule has 1 aromatic carbocycles. The summed E-state index contributed by atoms with van der Waals surface area (Å²) in [6, 6.07) is 7.14. The van der Waals surface area contributed by atoms with E-state index in [-0.39, 0.29) is 35.5 Å². The molecular formula is C19H19NO3. The van der Waals surface area contributed by atoms with Gasteiger partial charge in [-0.1, -0.05) is 29.4 Å². The highest BCUT2D eigenvalue weighted by Gasteiger charge is 2.61. The Labute approximate surface area is 135 Å². The van der Waals surface area contributed by atoms with E-state index in [4.69, 9.17) is 4.74 Å². The van der Waals surface area contributed by atoms with Gasteiger partial charge in [0.05, 0.1) is 24.6 Å². The van der Waals surface area contributed by atoms with Gasteiger partial charge in [0, 0.05) is 17.9 Å². The molecule has 1 aliphatic heterocycles. The molecule has 4 nitrogen and oxygen atoms in total. The number of imide groups is 1. The SMILES string of the molecule is COc1cccc(N2C(=O)[C@@H]3[C@H](C2=O)[C@@H]2C=C[C@H]3C2=C(C)C)c1. The molecule has 2 aliphatic carbocycles. The molecule has 1 heterocycles. The summed E-state index contributed by atoms with van der Waals surface area (Å²) >= 11 is 0. The topological polar surface area (TPSA) is 46.6 Å². The van der Waals surface area contributed by atoms with Crippen LogP contribution in [-0.2, 0) is 9.59 Å². The van der Waals surface area contributed by atoms with Crippen molar-refractivity contribution in [2.24, 2.45) is 23.7 Å². The molecule has 0 spiro atoms. The number of anilines is 1. The van der Waals surface area contributed by atoms with Crippen molar-refractivity contribution >= 4 is 17.5 Å². The van der Waals surface area contributed by atoms with E-state index in [1.807, 2.05) is 6.07 Å². The molecule has 0 aromatic heterocycles. The maximum Gasteiger partial charge on any atom is 0.238 e. The predicted molar refractivity (Wildman–Crippen MR) is 87.0 cm³/mol. The number of hydrogen-bond donors (Lipinski definition) is 0. The number of carbonyl (C=O) groups is 2. The monoisotopic (exact) mass is 309 g/mol. The van der Waals surface area contributed by atoms with Crippen LogP contribution in [0.25, 0.3) is 0 Å². The van der Waals surface area contributed by atoms with Gasteiger partial charge >= 0.3 is 0 Å². The molecule has 4 heteroatoms. The average Bonchev–Trinajstić information content (AvgIpc) is 3.17. The van der Waals surface area contributed by atoms with Gasteiger partial charge in [0.25, 0.3) is 0 Å². The molecule has 1 saturated carbocycles. The molecule has 1 aromatic rings. The van der Waals surface area contributed by atoms with E-state index in [2.05, 4.69) is 26.0 Å². The summed E-state index contributed by atoms with van der Waals surface area (Å²) in [4.78, 5) is 27.3. The first-order valence-electron chi connectivity index (χ1n) is 7.92. The second-order valence-electron chi connectivity index (χ2n) is 6.66. The van der Waals surface area contributed by atoms with Crippen molar-refractivity contribution < 1.29 is 14.3 Å². The lowest BCUT2D eigenvalue weighted by molar-refractivity contribution is -0.122. The van der Waals surface area contributed by atoms with Crippen LogP contribution in [0.15, 0.2) is 47.6 Å². The largest absolute Gasteiger partial charge is 0.497 e. The van der Waals surface area contributed by atoms with Crippen LogP contribution in [0.1, 0.15) is 13.8 Å². The fourth-order valence-corrected chi connectivity index (χ4v) is 4.43. The molecule has 0 N–H and O–H groups in total. The van der Waals surface area contributed by atoms with E-state index in [1.54, 1.807) is 25.3 Å². The summed E-state index contributed by atoms with van der Waals surface area (Å²) in [7, 11) is 1.58. The van der Waals surface area contributed by atoms with E-state index in [0.29, 0.717) is 11.4 Å². The first-order chi connectivity index (χ1) is 11.0. The van der Waals surface area contributed by atoms with Crippen molar-refractivity contribution in [1.29, 1.82) is 0 Å². The summed E-state index contributed by atoms with van der Waals surface area (Å²) in [5, 5.41) is 0. The van der Waals surface area contributed by atoms with Gasteiger partial charge in [-0.15, -0.1) is 0 Å². The molecule has 2 fully saturated rings. The van der Waals surface area contributed by atoms with Crippen molar-refractivity contribution in [3.05, 3.63) is 47.6 Å². The maximum atomic E-state index is 13.0. The van der Waals surface area contributed by atoms with E-state index in [0.717, 1.165) is 0 Å². The number of rotatable bonds is 2. The van der Waals surface area contributed by atoms with E-state index in [9.17, 15) is 9.59 Å². The third-order valence-electron chi connectivity index (χ3n) is 5.30. The number of amides is 2. The van der Waals surface area contributed by atoms with Crippen molar-refractivity contribution in [1.82, 2.24) is 0 Å². The Kier molecular flexibility index (Phi) is 2.98. The predicted octanol–water partition coefficient (Wildman–Crippen LogP) is 2.95. The zero-order valence-electron chi connectivity index (χ0n) is 13.4. The van der Waals surface area contributed by atoms with Gasteiger partial charge in [0.1, 0.15) is 5.75 Å². The van der Waals surface area contributed by atoms with Gasteiger partial charge in [-0.3, -0.25) is 9.59 Å². The minimum atomic E-state index is -0.242. The average molecular weight is 309 g/mol. The lowest BCUT2D eigenvalue weighted by Crippen LogP contribution is -2.33. The summed E-state index contributed by atoms with van der Waals surface area (Å²) in [6.45, 7) is 4.14. The number of methoxy groups -OCH3 is 1. The molecular weight excluding hydrogens is 290 g/mol. The van der Waals surface area contributed by atoms with Gasteiger partial charge in [0.2, 0.25) is 11.8 Å². The Balaban J connectivity index is 1.75. The molecule has 2 bridgehead atoms. The van der Waals surface area contributed by atoms with E-state index in [1.165, 1.54) is 16.0 Å². The quantitative estimate of drug-likeness (QED) is 0.623. The van der Waals surface area contributed by atoms with Gasteiger partial charge < -0.3 is 4.74 Å². The molecule has 118 valence electrons. The smallest absolute Gasteiger partial charge is 0.238 e. The summed E-state index contributed by atoms with van der Waals surface area (Å²) in [5.41, 5.74) is 3.10. The Morgan fingerprint density at radius 2 is 1.65 bits per heavy atom. The van der Waals surface area contributed by atoms with E-state index < -0.39 is 0 Å². The Bertz CT molecular complexity index is 739. The van der Waals surface area contributed by atoms with Gasteiger partial charge in [-0.05, 0) is 26.0 Å². The second-order valence-corrected chi connectivity index (χ2v) is 6.66. The zero-order chi connectivity index (χ0) is 16.3. The van der Waals surface area contributed by atoms with Crippen LogP contribution in [0, 0.1) is 23.7 Å². The van der Waals surface area contributed by atoms with Crippen LogP contribution in [0.4, 0.5) is 5.69 Å². The van der Waals surface area contributed by atoms with Gasteiger partial charge in [-0.25, -0.2) is 4.90 Å². The van der Waals surface area contributed by atoms with Crippen molar-refractivity contribution in [3.63, 3.8) is 0 Å². The van der Waals surface area contributed by atoms with Crippen LogP contribution < -0.4 is 9.64 Å². The number of allylic oxidation sites excluding steroid dienone is 4.